The van der Waals surface area contributed by atoms with Crippen molar-refractivity contribution < 1.29 is 80.2 Å². The summed E-state index contributed by atoms with van der Waals surface area (Å²) < 4.78 is 68.2. The smallest absolute Gasteiger partial charge is 0.462 e. The Labute approximate surface area is 556 Å². The monoisotopic (exact) mass is 1340 g/mol. The molecule has 0 bridgehead atoms. The number of ether oxygens (including phenoxy) is 4. The molecule has 91 heavy (non-hydrogen) atoms. The maximum atomic E-state index is 13.0. The van der Waals surface area contributed by atoms with Crippen LogP contribution in [0.4, 0.5) is 0 Å². The van der Waals surface area contributed by atoms with E-state index in [2.05, 4.69) is 41.5 Å². The van der Waals surface area contributed by atoms with Crippen LogP contribution in [0.3, 0.4) is 0 Å². The maximum absolute atomic E-state index is 13.0. The zero-order chi connectivity index (χ0) is 67.2. The first kappa shape index (κ1) is 89.1. The van der Waals surface area contributed by atoms with Crippen LogP contribution in [0.5, 0.6) is 0 Å². The van der Waals surface area contributed by atoms with Crippen molar-refractivity contribution in [3.05, 3.63) is 0 Å². The number of hydrogen-bond donors (Lipinski definition) is 3. The SMILES string of the molecule is CCCCCCCCCCCCCCCCCCCCCCCCC(=O)O[C@H](COC(=O)CCCCCCCCCCCCC(C)C)COP(=O)(O)OC[C@@H](O)COP(=O)(O)OC[C@@H](COC(=O)CCCCCCCCC)OC(=O)CCCCCCCCC(C)C. The highest BCUT2D eigenvalue weighted by molar-refractivity contribution is 7.47. The summed E-state index contributed by atoms with van der Waals surface area (Å²) >= 11 is 0. The highest BCUT2D eigenvalue weighted by atomic mass is 31.2. The fourth-order valence-electron chi connectivity index (χ4n) is 10.9. The number of carbonyl (C=O) groups excluding carboxylic acids is 4. The van der Waals surface area contributed by atoms with E-state index in [1.807, 2.05) is 0 Å². The first-order chi connectivity index (χ1) is 43.9. The van der Waals surface area contributed by atoms with Crippen LogP contribution in [0.15, 0.2) is 0 Å². The molecule has 0 aliphatic carbocycles. The number of rotatable bonds is 71. The molecule has 0 aromatic rings. The van der Waals surface area contributed by atoms with Crippen LogP contribution in [-0.4, -0.2) is 96.7 Å². The Bertz CT molecular complexity index is 1770. The summed E-state index contributed by atoms with van der Waals surface area (Å²) in [5, 5.41) is 10.6. The van der Waals surface area contributed by atoms with Gasteiger partial charge in [-0.15, -0.1) is 0 Å². The number of carbonyl (C=O) groups is 4. The van der Waals surface area contributed by atoms with E-state index in [9.17, 15) is 43.2 Å². The molecule has 0 aromatic carbocycles. The van der Waals surface area contributed by atoms with Gasteiger partial charge in [-0.25, -0.2) is 9.13 Å². The molecule has 3 N–H and O–H groups in total. The number of aliphatic hydroxyl groups is 1. The Kier molecular flexibility index (Phi) is 62.7. The Hall–Kier alpha value is -1.94. The lowest BCUT2D eigenvalue weighted by Crippen LogP contribution is -2.30. The minimum absolute atomic E-state index is 0.102. The van der Waals surface area contributed by atoms with Gasteiger partial charge in [0.05, 0.1) is 26.4 Å². The third-order valence-corrected chi connectivity index (χ3v) is 18.6. The summed E-state index contributed by atoms with van der Waals surface area (Å²) in [6.45, 7) is 9.41. The predicted molar refractivity (Wildman–Crippen MR) is 368 cm³/mol. The molecule has 0 aliphatic heterocycles. The minimum Gasteiger partial charge on any atom is -0.462 e. The molecule has 540 valence electrons. The van der Waals surface area contributed by atoms with Gasteiger partial charge in [0.15, 0.2) is 12.2 Å². The van der Waals surface area contributed by atoms with Crippen molar-refractivity contribution in [3.8, 4) is 0 Å². The van der Waals surface area contributed by atoms with Crippen LogP contribution in [0.2, 0.25) is 0 Å². The molecule has 0 saturated carbocycles. The molecular weight excluding hydrogens is 1200 g/mol. The van der Waals surface area contributed by atoms with Gasteiger partial charge in [-0.1, -0.05) is 318 Å². The molecule has 0 aromatic heterocycles. The molecular formula is C72H140O17P2. The lowest BCUT2D eigenvalue weighted by atomic mass is 10.0. The Balaban J connectivity index is 5.12. The number of hydrogen-bond acceptors (Lipinski definition) is 15. The molecule has 0 saturated heterocycles. The van der Waals surface area contributed by atoms with E-state index in [0.717, 1.165) is 109 Å². The second-order valence-electron chi connectivity index (χ2n) is 26.9. The van der Waals surface area contributed by atoms with Crippen LogP contribution in [0, 0.1) is 11.8 Å². The van der Waals surface area contributed by atoms with Gasteiger partial charge < -0.3 is 33.8 Å². The molecule has 17 nitrogen and oxygen atoms in total. The normalized spacial score (nSPS) is 14.1. The van der Waals surface area contributed by atoms with Gasteiger partial charge in [0.25, 0.3) is 0 Å². The van der Waals surface area contributed by atoms with Gasteiger partial charge in [0.1, 0.15) is 19.3 Å². The van der Waals surface area contributed by atoms with E-state index in [-0.39, 0.29) is 25.7 Å². The lowest BCUT2D eigenvalue weighted by Gasteiger charge is -2.21. The van der Waals surface area contributed by atoms with Gasteiger partial charge in [0.2, 0.25) is 0 Å². The van der Waals surface area contributed by atoms with E-state index in [0.29, 0.717) is 31.6 Å². The molecule has 0 aliphatic rings. The van der Waals surface area contributed by atoms with E-state index in [1.165, 1.54) is 173 Å². The number of unbranched alkanes of at least 4 members (excludes halogenated alkanes) is 41. The van der Waals surface area contributed by atoms with Gasteiger partial charge >= 0.3 is 39.5 Å². The van der Waals surface area contributed by atoms with Gasteiger partial charge in [-0.3, -0.25) is 37.3 Å². The highest BCUT2D eigenvalue weighted by Crippen LogP contribution is 2.45. The van der Waals surface area contributed by atoms with Gasteiger partial charge in [-0.05, 0) is 37.5 Å². The molecule has 0 rings (SSSR count). The fourth-order valence-corrected chi connectivity index (χ4v) is 12.5. The van der Waals surface area contributed by atoms with E-state index < -0.39 is 97.5 Å². The van der Waals surface area contributed by atoms with E-state index in [4.69, 9.17) is 37.0 Å². The molecule has 0 fully saturated rings. The van der Waals surface area contributed by atoms with E-state index >= 15 is 0 Å². The zero-order valence-electron chi connectivity index (χ0n) is 59.1. The van der Waals surface area contributed by atoms with Crippen molar-refractivity contribution in [2.45, 2.75) is 387 Å². The molecule has 0 heterocycles. The fraction of sp³-hybridized carbons (Fsp3) is 0.944. The molecule has 19 heteroatoms. The third-order valence-electron chi connectivity index (χ3n) is 16.7. The first-order valence-corrected chi connectivity index (χ1v) is 40.5. The molecule has 0 radical (unpaired) electrons. The number of aliphatic hydroxyl groups excluding tert-OH is 1. The van der Waals surface area contributed by atoms with Crippen LogP contribution in [0.25, 0.3) is 0 Å². The van der Waals surface area contributed by atoms with Crippen LogP contribution < -0.4 is 0 Å². The Morgan fingerprint density at radius 2 is 0.505 bits per heavy atom. The van der Waals surface area contributed by atoms with Crippen LogP contribution >= 0.6 is 15.6 Å². The highest BCUT2D eigenvalue weighted by Gasteiger charge is 2.30. The molecule has 0 amide bonds. The molecule has 2 unspecified atom stereocenters. The predicted octanol–water partition coefficient (Wildman–Crippen LogP) is 20.8. The van der Waals surface area contributed by atoms with Crippen LogP contribution in [-0.2, 0) is 65.4 Å². The average molecular weight is 1340 g/mol. The number of phosphoric ester groups is 2. The average Bonchev–Trinajstić information content (AvgIpc) is 3.21. The van der Waals surface area contributed by atoms with Crippen molar-refractivity contribution in [1.82, 2.24) is 0 Å². The summed E-state index contributed by atoms with van der Waals surface area (Å²) in [5.41, 5.74) is 0. The summed E-state index contributed by atoms with van der Waals surface area (Å²) in [7, 11) is -9.89. The Morgan fingerprint density at radius 3 is 0.747 bits per heavy atom. The summed E-state index contributed by atoms with van der Waals surface area (Å²) in [6.07, 6.45) is 50.5. The molecule has 5 atom stereocenters. The minimum atomic E-state index is -4.95. The standard InChI is InChI=1S/C72H140O17P2/c1-7-9-11-13-15-16-17-18-19-20-21-22-23-24-25-26-27-28-33-37-44-50-56-71(76)88-67(61-83-70(75)55-49-43-36-32-30-29-31-35-40-46-52-64(3)4)62-86-90(78,79)84-58-66(73)59-85-91(80,81)87-63-68(60-82-69(74)54-48-42-34-14-12-10-8-2)89-72(77)57-51-45-39-38-41-47-53-65(5)6/h64-68,73H,7-63H2,1-6H3,(H,78,79)(H,80,81)/t66-,67-,68-/m1/s1. The van der Waals surface area contributed by atoms with Crippen molar-refractivity contribution in [1.29, 1.82) is 0 Å². The first-order valence-electron chi connectivity index (χ1n) is 37.5. The van der Waals surface area contributed by atoms with Crippen molar-refractivity contribution in [2.75, 3.05) is 39.6 Å². The lowest BCUT2D eigenvalue weighted by molar-refractivity contribution is -0.161. The summed E-state index contributed by atoms with van der Waals surface area (Å²) in [6, 6.07) is 0. The second kappa shape index (κ2) is 64.1. The number of esters is 4. The van der Waals surface area contributed by atoms with E-state index in [1.54, 1.807) is 0 Å². The van der Waals surface area contributed by atoms with Crippen molar-refractivity contribution >= 4 is 39.5 Å². The van der Waals surface area contributed by atoms with Gasteiger partial charge in [0, 0.05) is 25.7 Å². The second-order valence-corrected chi connectivity index (χ2v) is 29.8. The largest absolute Gasteiger partial charge is 0.472 e. The summed E-state index contributed by atoms with van der Waals surface area (Å²) in [5.74, 6) is -0.705. The topological polar surface area (TPSA) is 237 Å². The summed E-state index contributed by atoms with van der Waals surface area (Å²) in [4.78, 5) is 72.4. The zero-order valence-corrected chi connectivity index (χ0v) is 60.9. The maximum Gasteiger partial charge on any atom is 0.472 e. The third kappa shape index (κ3) is 66.5. The van der Waals surface area contributed by atoms with Crippen molar-refractivity contribution in [3.63, 3.8) is 0 Å². The van der Waals surface area contributed by atoms with Gasteiger partial charge in [-0.2, -0.15) is 0 Å². The Morgan fingerprint density at radius 1 is 0.297 bits per heavy atom. The van der Waals surface area contributed by atoms with Crippen LogP contribution in [0.1, 0.15) is 369 Å². The molecule has 0 spiro atoms. The quantitative estimate of drug-likeness (QED) is 0.0222. The van der Waals surface area contributed by atoms with Crippen molar-refractivity contribution in [2.24, 2.45) is 11.8 Å². The number of phosphoric acid groups is 2.